The first-order valence-electron chi connectivity index (χ1n) is 11.3. The first-order valence-corrected chi connectivity index (χ1v) is 12.3. The molecule has 0 bridgehead atoms. The molecule has 0 aliphatic carbocycles. The SMILES string of the molecule is CCCc1c(OCCCSc2ccc(C(O)C(C)(C)CC(=O)O)cc2F)ccc(C(C)=O)c1O.[NaH]. The van der Waals surface area contributed by atoms with Gasteiger partial charge in [0.1, 0.15) is 17.3 Å². The second kappa shape index (κ2) is 14.2. The number of phenolic OH excluding ortho intramolecular Hbond substituents is 1. The van der Waals surface area contributed by atoms with Crippen LogP contribution in [0.4, 0.5) is 4.39 Å². The number of carbonyl (C=O) groups excluding carboxylic acids is 1. The van der Waals surface area contributed by atoms with E-state index in [-0.39, 0.29) is 53.1 Å². The van der Waals surface area contributed by atoms with E-state index >= 15 is 0 Å². The summed E-state index contributed by atoms with van der Waals surface area (Å²) in [4.78, 5) is 23.1. The fourth-order valence-corrected chi connectivity index (χ4v) is 4.54. The molecule has 2 rings (SSSR count). The molecule has 0 saturated carbocycles. The number of aliphatic carboxylic acids is 1. The number of thioether (sulfide) groups is 1. The third-order valence-corrected chi connectivity index (χ3v) is 6.68. The van der Waals surface area contributed by atoms with Gasteiger partial charge in [-0.2, -0.15) is 0 Å². The Morgan fingerprint density at radius 3 is 2.46 bits per heavy atom. The molecule has 1 atom stereocenters. The number of phenols is 1. The van der Waals surface area contributed by atoms with Gasteiger partial charge in [0.15, 0.2) is 5.78 Å². The number of carbonyl (C=O) groups is 2. The molecule has 0 aromatic heterocycles. The Kier molecular flexibility index (Phi) is 12.8. The Bertz CT molecular complexity index is 1030. The van der Waals surface area contributed by atoms with E-state index in [4.69, 9.17) is 9.84 Å². The third kappa shape index (κ3) is 8.79. The van der Waals surface area contributed by atoms with Gasteiger partial charge in [0.25, 0.3) is 0 Å². The van der Waals surface area contributed by atoms with Crippen molar-refractivity contribution in [1.29, 1.82) is 0 Å². The van der Waals surface area contributed by atoms with E-state index in [1.807, 2.05) is 6.92 Å². The van der Waals surface area contributed by atoms with Gasteiger partial charge in [0.05, 0.1) is 24.7 Å². The van der Waals surface area contributed by atoms with Crippen molar-refractivity contribution in [3.05, 3.63) is 52.8 Å². The van der Waals surface area contributed by atoms with E-state index in [1.54, 1.807) is 38.1 Å². The van der Waals surface area contributed by atoms with Crippen LogP contribution >= 0.6 is 11.8 Å². The number of benzene rings is 2. The number of aliphatic hydroxyl groups excluding tert-OH is 1. The van der Waals surface area contributed by atoms with Crippen LogP contribution in [0.1, 0.15) is 74.5 Å². The van der Waals surface area contributed by atoms with Crippen LogP contribution in [0.15, 0.2) is 35.2 Å². The number of aliphatic hydroxyl groups is 1. The number of ether oxygens (including phenoxy) is 1. The fourth-order valence-electron chi connectivity index (χ4n) is 3.69. The van der Waals surface area contributed by atoms with Gasteiger partial charge in [-0.1, -0.05) is 33.3 Å². The number of halogens is 1. The van der Waals surface area contributed by atoms with Gasteiger partial charge in [-0.25, -0.2) is 4.39 Å². The van der Waals surface area contributed by atoms with E-state index in [2.05, 4.69) is 0 Å². The summed E-state index contributed by atoms with van der Waals surface area (Å²) < 4.78 is 20.4. The van der Waals surface area contributed by atoms with Gasteiger partial charge in [0.2, 0.25) is 0 Å². The number of aromatic hydroxyl groups is 1. The maximum absolute atomic E-state index is 14.6. The van der Waals surface area contributed by atoms with Crippen molar-refractivity contribution in [2.45, 2.75) is 64.4 Å². The van der Waals surface area contributed by atoms with Crippen LogP contribution in [0.2, 0.25) is 0 Å². The van der Waals surface area contributed by atoms with Crippen molar-refractivity contribution in [2.75, 3.05) is 12.4 Å². The number of ketones is 1. The van der Waals surface area contributed by atoms with Crippen molar-refractivity contribution in [3.8, 4) is 11.5 Å². The van der Waals surface area contributed by atoms with Crippen molar-refractivity contribution in [1.82, 2.24) is 0 Å². The molecule has 2 aromatic rings. The number of carboxylic acids is 1. The number of Topliss-reactive ketones (excluding diaryl/α,β-unsaturated/α-hetero) is 1. The summed E-state index contributed by atoms with van der Waals surface area (Å²) in [6.07, 6.45) is 0.666. The summed E-state index contributed by atoms with van der Waals surface area (Å²) in [6, 6.07) is 7.72. The summed E-state index contributed by atoms with van der Waals surface area (Å²) in [7, 11) is 0. The number of carboxylic acid groups (broad SMARTS) is 1. The quantitative estimate of drug-likeness (QED) is 0.147. The predicted octanol–water partition coefficient (Wildman–Crippen LogP) is 5.13. The average Bonchev–Trinajstić information content (AvgIpc) is 2.75. The molecule has 0 saturated heterocycles. The Morgan fingerprint density at radius 1 is 1.20 bits per heavy atom. The molecule has 188 valence electrons. The van der Waals surface area contributed by atoms with Gasteiger partial charge in [-0.05, 0) is 49.6 Å². The monoisotopic (exact) mass is 516 g/mol. The topological polar surface area (TPSA) is 104 Å². The molecular formula is C26H34FNaO6S. The van der Waals surface area contributed by atoms with Crippen LogP contribution in [0.25, 0.3) is 0 Å². The molecule has 0 fully saturated rings. The molecule has 0 amide bonds. The summed E-state index contributed by atoms with van der Waals surface area (Å²) in [5, 5.41) is 29.9. The second-order valence-electron chi connectivity index (χ2n) is 8.95. The van der Waals surface area contributed by atoms with Crippen LogP contribution in [-0.4, -0.2) is 69.0 Å². The van der Waals surface area contributed by atoms with E-state index in [1.165, 1.54) is 24.8 Å². The minimum atomic E-state index is -1.10. The summed E-state index contributed by atoms with van der Waals surface area (Å²) in [5.41, 5.74) is 0.308. The van der Waals surface area contributed by atoms with Crippen LogP contribution in [0.5, 0.6) is 11.5 Å². The number of hydrogen-bond acceptors (Lipinski definition) is 6. The first-order chi connectivity index (χ1) is 16.0. The van der Waals surface area contributed by atoms with Crippen LogP contribution in [0.3, 0.4) is 0 Å². The van der Waals surface area contributed by atoms with Gasteiger partial charge < -0.3 is 20.1 Å². The first kappa shape index (κ1) is 31.4. The van der Waals surface area contributed by atoms with Gasteiger partial charge >= 0.3 is 35.5 Å². The Hall–Kier alpha value is -1.58. The van der Waals surface area contributed by atoms with Crippen LogP contribution in [-0.2, 0) is 11.2 Å². The van der Waals surface area contributed by atoms with Gasteiger partial charge in [0, 0.05) is 21.6 Å². The molecule has 0 radical (unpaired) electrons. The molecule has 2 aromatic carbocycles. The van der Waals surface area contributed by atoms with E-state index in [0.717, 1.165) is 6.42 Å². The third-order valence-electron chi connectivity index (χ3n) is 5.54. The maximum atomic E-state index is 14.6. The summed E-state index contributed by atoms with van der Waals surface area (Å²) in [5.74, 6) is -0.595. The molecule has 0 aliphatic heterocycles. The Morgan fingerprint density at radius 2 is 1.89 bits per heavy atom. The molecule has 0 spiro atoms. The van der Waals surface area contributed by atoms with Crippen molar-refractivity contribution in [3.63, 3.8) is 0 Å². The number of rotatable bonds is 13. The summed E-state index contributed by atoms with van der Waals surface area (Å²) >= 11 is 1.32. The van der Waals surface area contributed by atoms with Crippen LogP contribution in [0, 0.1) is 11.2 Å². The van der Waals surface area contributed by atoms with Gasteiger partial charge in [-0.15, -0.1) is 11.8 Å². The predicted molar refractivity (Wildman–Crippen MR) is 137 cm³/mol. The molecule has 0 heterocycles. The fraction of sp³-hybridized carbons (Fsp3) is 0.462. The average molecular weight is 517 g/mol. The zero-order chi connectivity index (χ0) is 25.5. The number of hydrogen-bond donors (Lipinski definition) is 3. The van der Waals surface area contributed by atoms with E-state index in [9.17, 15) is 24.2 Å². The standard InChI is InChI=1S/C26H33FO6S.Na.H/c1-5-7-19-21(10-9-18(16(2)28)24(19)31)33-12-6-13-34-22-11-8-17(14-20(22)27)25(32)26(3,4)15-23(29)30;;/h8-11,14,25,31-32H,5-7,12-13,15H2,1-4H3,(H,29,30);;. The molecule has 1 unspecified atom stereocenters. The molecule has 9 heteroatoms. The molecular weight excluding hydrogens is 482 g/mol. The van der Waals surface area contributed by atoms with Crippen molar-refractivity contribution in [2.24, 2.45) is 5.41 Å². The minimum absolute atomic E-state index is 0. The van der Waals surface area contributed by atoms with Crippen molar-refractivity contribution >= 4 is 53.1 Å². The van der Waals surface area contributed by atoms with Crippen LogP contribution < -0.4 is 4.74 Å². The normalized spacial score (nSPS) is 12.1. The molecule has 3 N–H and O–H groups in total. The molecule has 35 heavy (non-hydrogen) atoms. The van der Waals surface area contributed by atoms with Gasteiger partial charge in [-0.3, -0.25) is 9.59 Å². The second-order valence-corrected chi connectivity index (χ2v) is 10.1. The zero-order valence-corrected chi connectivity index (χ0v) is 20.9. The van der Waals surface area contributed by atoms with E-state index in [0.29, 0.717) is 47.0 Å². The molecule has 0 aliphatic rings. The summed E-state index contributed by atoms with van der Waals surface area (Å²) in [6.45, 7) is 7.01. The Labute approximate surface area is 232 Å². The van der Waals surface area contributed by atoms with Crippen molar-refractivity contribution < 1.29 is 34.0 Å². The zero-order valence-electron chi connectivity index (χ0n) is 20.1. The Balaban J connectivity index is 0.00000612. The molecule has 6 nitrogen and oxygen atoms in total. The van der Waals surface area contributed by atoms with E-state index < -0.39 is 23.3 Å².